The molecule has 1 aliphatic carbocycles. The van der Waals surface area contributed by atoms with Crippen LogP contribution < -0.4 is 0 Å². The van der Waals surface area contributed by atoms with Gasteiger partial charge < -0.3 is 4.74 Å². The Labute approximate surface area is 91.3 Å². The molecule has 0 aromatic rings. The lowest BCUT2D eigenvalue weighted by atomic mass is 10.1. The SMILES string of the molecule is SCCOCC/C1=C/C/C=C\C=C=C1. The molecule has 0 bridgehead atoms. The molecule has 76 valence electrons. The van der Waals surface area contributed by atoms with Crippen molar-refractivity contribution in [3.05, 3.63) is 41.7 Å². The molecule has 0 N–H and O–H groups in total. The summed E-state index contributed by atoms with van der Waals surface area (Å²) in [6.07, 6.45) is 12.3. The Bertz CT molecular complexity index is 270. The van der Waals surface area contributed by atoms with Crippen LogP contribution in [0.5, 0.6) is 0 Å². The number of thiol groups is 1. The lowest BCUT2D eigenvalue weighted by Gasteiger charge is -2.03. The average molecular weight is 208 g/mol. The topological polar surface area (TPSA) is 9.23 Å². The quantitative estimate of drug-likeness (QED) is 0.415. The highest BCUT2D eigenvalue weighted by Crippen LogP contribution is 2.07. The first-order valence-electron chi connectivity index (χ1n) is 4.88. The van der Waals surface area contributed by atoms with E-state index in [9.17, 15) is 0 Å². The van der Waals surface area contributed by atoms with Crippen LogP contribution in [0, 0.1) is 0 Å². The molecule has 14 heavy (non-hydrogen) atoms. The first-order valence-corrected chi connectivity index (χ1v) is 5.52. The highest BCUT2D eigenvalue weighted by Gasteiger charge is 1.93. The highest BCUT2D eigenvalue weighted by molar-refractivity contribution is 7.80. The lowest BCUT2D eigenvalue weighted by molar-refractivity contribution is 0.154. The summed E-state index contributed by atoms with van der Waals surface area (Å²) >= 11 is 4.08. The standard InChI is InChI=1S/C12H16OS/c14-11-10-13-9-8-12-6-4-2-1-3-5-7-12/h1-3,6-7,14H,4,8-11H2/b2-1-,12-6+. The summed E-state index contributed by atoms with van der Waals surface area (Å²) in [5.74, 6) is 0.789. The van der Waals surface area contributed by atoms with Gasteiger partial charge in [-0.3, -0.25) is 0 Å². The minimum absolute atomic E-state index is 0.732. The molecule has 0 heterocycles. The third kappa shape index (κ3) is 5.13. The third-order valence-corrected chi connectivity index (χ3v) is 2.07. The van der Waals surface area contributed by atoms with Crippen LogP contribution in [0.1, 0.15) is 12.8 Å². The lowest BCUT2D eigenvalue weighted by Crippen LogP contribution is -1.98. The number of ether oxygens (including phenoxy) is 1. The van der Waals surface area contributed by atoms with Gasteiger partial charge in [-0.05, 0) is 30.6 Å². The Hall–Kier alpha value is -0.690. The first-order chi connectivity index (χ1) is 6.93. The minimum atomic E-state index is 0.732. The van der Waals surface area contributed by atoms with Gasteiger partial charge in [0.1, 0.15) is 0 Å². The van der Waals surface area contributed by atoms with Crippen LogP contribution in [0.2, 0.25) is 0 Å². The fourth-order valence-corrected chi connectivity index (χ4v) is 1.30. The second-order valence-corrected chi connectivity index (χ2v) is 3.45. The van der Waals surface area contributed by atoms with E-state index in [1.54, 1.807) is 0 Å². The molecule has 0 fully saturated rings. The average Bonchev–Trinajstić information content (AvgIpc) is 2.15. The van der Waals surface area contributed by atoms with Crippen molar-refractivity contribution in [3.8, 4) is 0 Å². The monoisotopic (exact) mass is 208 g/mol. The van der Waals surface area contributed by atoms with Crippen LogP contribution in [0.3, 0.4) is 0 Å². The molecular formula is C12H16OS. The van der Waals surface area contributed by atoms with E-state index in [2.05, 4.69) is 30.5 Å². The predicted molar refractivity (Wildman–Crippen MR) is 63.8 cm³/mol. The molecule has 1 aliphatic rings. The molecule has 0 aromatic carbocycles. The van der Waals surface area contributed by atoms with Gasteiger partial charge in [-0.15, -0.1) is 5.73 Å². The molecule has 0 spiro atoms. The number of allylic oxidation sites excluding steroid dienone is 4. The third-order valence-electron chi connectivity index (χ3n) is 1.88. The molecular weight excluding hydrogens is 192 g/mol. The zero-order valence-corrected chi connectivity index (χ0v) is 9.17. The molecule has 0 atom stereocenters. The Morgan fingerprint density at radius 3 is 3.21 bits per heavy atom. The van der Waals surface area contributed by atoms with Crippen LogP contribution >= 0.6 is 12.6 Å². The molecule has 1 nitrogen and oxygen atoms in total. The van der Waals surface area contributed by atoms with Crippen molar-refractivity contribution in [2.45, 2.75) is 12.8 Å². The second kappa shape index (κ2) is 7.69. The zero-order chi connectivity index (χ0) is 10.1. The van der Waals surface area contributed by atoms with Crippen molar-refractivity contribution < 1.29 is 4.74 Å². The van der Waals surface area contributed by atoms with Gasteiger partial charge in [-0.25, -0.2) is 0 Å². The van der Waals surface area contributed by atoms with Gasteiger partial charge in [0.25, 0.3) is 0 Å². The van der Waals surface area contributed by atoms with E-state index in [0.717, 1.165) is 31.8 Å². The summed E-state index contributed by atoms with van der Waals surface area (Å²) in [7, 11) is 0. The summed E-state index contributed by atoms with van der Waals surface area (Å²) in [4.78, 5) is 0. The normalized spacial score (nSPS) is 21.1. The van der Waals surface area contributed by atoms with Gasteiger partial charge in [0.05, 0.1) is 13.2 Å². The second-order valence-electron chi connectivity index (χ2n) is 3.01. The fraction of sp³-hybridized carbons (Fsp3) is 0.417. The molecule has 2 heteroatoms. The maximum Gasteiger partial charge on any atom is 0.0554 e. The van der Waals surface area contributed by atoms with Gasteiger partial charge in [0.2, 0.25) is 0 Å². The number of hydrogen-bond acceptors (Lipinski definition) is 2. The Morgan fingerprint density at radius 2 is 2.36 bits per heavy atom. The molecule has 0 unspecified atom stereocenters. The Kier molecular flexibility index (Phi) is 6.25. The van der Waals surface area contributed by atoms with E-state index in [4.69, 9.17) is 4.74 Å². The zero-order valence-electron chi connectivity index (χ0n) is 8.28. The molecule has 0 aromatic heterocycles. The largest absolute Gasteiger partial charge is 0.380 e. The minimum Gasteiger partial charge on any atom is -0.380 e. The van der Waals surface area contributed by atoms with E-state index in [0.29, 0.717) is 0 Å². The summed E-state index contributed by atoms with van der Waals surface area (Å²) < 4.78 is 5.36. The van der Waals surface area contributed by atoms with Gasteiger partial charge in [0, 0.05) is 5.75 Å². The van der Waals surface area contributed by atoms with Crippen molar-refractivity contribution in [3.63, 3.8) is 0 Å². The van der Waals surface area contributed by atoms with Crippen LogP contribution in [0.15, 0.2) is 41.7 Å². The van der Waals surface area contributed by atoms with Gasteiger partial charge >= 0.3 is 0 Å². The molecule has 0 radical (unpaired) electrons. The van der Waals surface area contributed by atoms with Crippen LogP contribution in [0.25, 0.3) is 0 Å². The van der Waals surface area contributed by atoms with Crippen LogP contribution in [0.4, 0.5) is 0 Å². The van der Waals surface area contributed by atoms with Crippen molar-refractivity contribution in [2.24, 2.45) is 0 Å². The molecule has 0 aliphatic heterocycles. The van der Waals surface area contributed by atoms with E-state index >= 15 is 0 Å². The summed E-state index contributed by atoms with van der Waals surface area (Å²) in [6.45, 7) is 1.50. The Balaban J connectivity index is 2.29. The van der Waals surface area contributed by atoms with Crippen molar-refractivity contribution >= 4 is 12.6 Å². The summed E-state index contributed by atoms with van der Waals surface area (Å²) in [6, 6.07) is 0. The maximum absolute atomic E-state index is 5.36. The predicted octanol–water partition coefficient (Wildman–Crippen LogP) is 2.92. The van der Waals surface area contributed by atoms with Crippen molar-refractivity contribution in [1.82, 2.24) is 0 Å². The van der Waals surface area contributed by atoms with Gasteiger partial charge in [0.15, 0.2) is 0 Å². The summed E-state index contributed by atoms with van der Waals surface area (Å²) in [5.41, 5.74) is 4.40. The first kappa shape index (κ1) is 11.4. The molecule has 0 saturated carbocycles. The van der Waals surface area contributed by atoms with E-state index in [1.165, 1.54) is 5.57 Å². The highest BCUT2D eigenvalue weighted by atomic mass is 32.1. The maximum atomic E-state index is 5.36. The number of rotatable bonds is 5. The smallest absolute Gasteiger partial charge is 0.0554 e. The van der Waals surface area contributed by atoms with E-state index < -0.39 is 0 Å². The Morgan fingerprint density at radius 1 is 1.43 bits per heavy atom. The number of hydrogen-bond donors (Lipinski definition) is 1. The van der Waals surface area contributed by atoms with E-state index in [-0.39, 0.29) is 0 Å². The summed E-state index contributed by atoms with van der Waals surface area (Å²) in [5, 5.41) is 0. The molecule has 0 amide bonds. The van der Waals surface area contributed by atoms with Crippen molar-refractivity contribution in [2.75, 3.05) is 19.0 Å². The molecule has 1 rings (SSSR count). The van der Waals surface area contributed by atoms with E-state index in [1.807, 2.05) is 18.2 Å². The fourth-order valence-electron chi connectivity index (χ4n) is 1.17. The van der Waals surface area contributed by atoms with Gasteiger partial charge in [-0.2, -0.15) is 12.6 Å². The van der Waals surface area contributed by atoms with Gasteiger partial charge in [-0.1, -0.05) is 18.2 Å². The van der Waals surface area contributed by atoms with Crippen LogP contribution in [-0.4, -0.2) is 19.0 Å². The molecule has 0 saturated heterocycles. The van der Waals surface area contributed by atoms with Crippen molar-refractivity contribution in [1.29, 1.82) is 0 Å². The van der Waals surface area contributed by atoms with Crippen LogP contribution in [-0.2, 0) is 4.74 Å².